The topological polar surface area (TPSA) is 163 Å². The van der Waals surface area contributed by atoms with Crippen molar-refractivity contribution in [2.45, 2.75) is 91.3 Å². The smallest absolute Gasteiger partial charge is 0.326 e. The molecule has 1 aromatic carbocycles. The fourth-order valence-electron chi connectivity index (χ4n) is 4.22. The van der Waals surface area contributed by atoms with Crippen LogP contribution >= 0.6 is 0 Å². The number of hydrogen-bond acceptors (Lipinski definition) is 7. The van der Waals surface area contributed by atoms with Gasteiger partial charge in [0.05, 0.1) is 31.8 Å². The molecule has 0 aliphatic rings. The van der Waals surface area contributed by atoms with Crippen molar-refractivity contribution >= 4 is 23.7 Å². The van der Waals surface area contributed by atoms with Crippen molar-refractivity contribution in [3.8, 4) is 0 Å². The number of nitrogens with one attached hydrogen (secondary N) is 3. The maximum Gasteiger partial charge on any atom is 0.326 e. The van der Waals surface area contributed by atoms with E-state index in [0.29, 0.717) is 32.6 Å². The lowest BCUT2D eigenvalue weighted by Crippen LogP contribution is -2.50. The molecule has 0 spiro atoms. The number of carbonyl (C=O) groups excluding carboxylic acids is 3. The van der Waals surface area contributed by atoms with Gasteiger partial charge in [-0.3, -0.25) is 14.4 Å². The predicted molar refractivity (Wildman–Crippen MR) is 154 cm³/mol. The van der Waals surface area contributed by atoms with Gasteiger partial charge in [-0.2, -0.15) is 0 Å². The highest BCUT2D eigenvalue weighted by Crippen LogP contribution is 2.19. The Morgan fingerprint density at radius 3 is 2.15 bits per heavy atom. The molecular weight excluding hydrogens is 530 g/mol. The second-order valence-electron chi connectivity index (χ2n) is 11.1. The van der Waals surface area contributed by atoms with Crippen LogP contribution in [0.1, 0.15) is 72.3 Å². The van der Waals surface area contributed by atoms with Gasteiger partial charge in [0.15, 0.2) is 0 Å². The van der Waals surface area contributed by atoms with Crippen molar-refractivity contribution in [1.29, 1.82) is 0 Å². The van der Waals surface area contributed by atoms with Crippen LogP contribution in [-0.4, -0.2) is 71.9 Å². The van der Waals surface area contributed by atoms with Crippen LogP contribution in [0.5, 0.6) is 0 Å². The first-order valence-electron chi connectivity index (χ1n) is 14.5. The first-order valence-corrected chi connectivity index (χ1v) is 14.5. The van der Waals surface area contributed by atoms with E-state index in [4.69, 9.17) is 9.78 Å². The minimum absolute atomic E-state index is 0.0279. The van der Waals surface area contributed by atoms with Crippen molar-refractivity contribution in [1.82, 2.24) is 16.0 Å². The molecule has 0 heterocycles. The van der Waals surface area contributed by atoms with Gasteiger partial charge in [-0.15, -0.1) is 0 Å². The van der Waals surface area contributed by atoms with E-state index in [-0.39, 0.29) is 37.0 Å². The summed E-state index contributed by atoms with van der Waals surface area (Å²) in [5.41, 5.74) is 0.850. The zero-order valence-electron chi connectivity index (χ0n) is 25.1. The standard InChI is InChI=1S/C30H49N3O8/c1-6-40-41-14-10-13-23(29(37)31-19-21(4)5)17-26(34)24(16-22-11-8-7-9-12-22)32-28(36)18-25(30(38)39)33-27(35)15-20(2)3/h7-9,11-12,20-21,23-26,34H,6,10,13-19H2,1-5H3,(H,31,37)(H,32,36)(H,33,35)(H,38,39)/t23-,24+,25+,26+/m1/s1. The third-order valence-corrected chi connectivity index (χ3v) is 6.29. The van der Waals surface area contributed by atoms with Gasteiger partial charge in [0.1, 0.15) is 6.04 Å². The second kappa shape index (κ2) is 20.0. The lowest BCUT2D eigenvalue weighted by Gasteiger charge is -2.28. The highest BCUT2D eigenvalue weighted by Gasteiger charge is 2.30. The SMILES string of the molecule is CCOOCCC[C@H](C[C@H](O)[C@H](Cc1ccccc1)NC(=O)C[C@H](NC(=O)CC(C)C)C(=O)O)C(=O)NCC(C)C. The minimum Gasteiger partial charge on any atom is -0.480 e. The summed E-state index contributed by atoms with van der Waals surface area (Å²) in [6.45, 7) is 10.6. The van der Waals surface area contributed by atoms with Crippen molar-refractivity contribution in [2.24, 2.45) is 17.8 Å². The number of aliphatic hydroxyl groups excluding tert-OH is 1. The van der Waals surface area contributed by atoms with Crippen LogP contribution in [0, 0.1) is 17.8 Å². The summed E-state index contributed by atoms with van der Waals surface area (Å²) in [5.74, 6) is -2.88. The van der Waals surface area contributed by atoms with Gasteiger partial charge in [0, 0.05) is 18.9 Å². The molecule has 0 saturated carbocycles. The number of aliphatic carboxylic acids is 1. The van der Waals surface area contributed by atoms with E-state index in [1.807, 2.05) is 58.0 Å². The summed E-state index contributed by atoms with van der Waals surface area (Å²) in [7, 11) is 0. The van der Waals surface area contributed by atoms with Gasteiger partial charge in [0.25, 0.3) is 0 Å². The van der Waals surface area contributed by atoms with Crippen molar-refractivity contribution in [3.05, 3.63) is 35.9 Å². The Hall–Kier alpha value is -3.02. The predicted octanol–water partition coefficient (Wildman–Crippen LogP) is 2.61. The van der Waals surface area contributed by atoms with Gasteiger partial charge < -0.3 is 26.2 Å². The lowest BCUT2D eigenvalue weighted by molar-refractivity contribution is -0.291. The lowest BCUT2D eigenvalue weighted by atomic mass is 9.89. The van der Waals surface area contributed by atoms with Gasteiger partial charge >= 0.3 is 5.97 Å². The molecule has 3 amide bonds. The van der Waals surface area contributed by atoms with Gasteiger partial charge in [0.2, 0.25) is 17.7 Å². The third kappa shape index (κ3) is 16.1. The number of hydrogen-bond donors (Lipinski definition) is 5. The maximum absolute atomic E-state index is 13.0. The van der Waals surface area contributed by atoms with E-state index < -0.39 is 48.3 Å². The Bertz CT molecular complexity index is 926. The average Bonchev–Trinajstić information content (AvgIpc) is 2.90. The highest BCUT2D eigenvalue weighted by molar-refractivity contribution is 5.88. The Morgan fingerprint density at radius 2 is 1.56 bits per heavy atom. The summed E-state index contributed by atoms with van der Waals surface area (Å²) < 4.78 is 0. The van der Waals surface area contributed by atoms with Crippen molar-refractivity contribution in [2.75, 3.05) is 19.8 Å². The number of carbonyl (C=O) groups is 4. The number of aliphatic hydroxyl groups is 1. The molecule has 0 fully saturated rings. The normalized spacial score (nSPS) is 14.2. The number of carboxylic acid groups (broad SMARTS) is 1. The van der Waals surface area contributed by atoms with E-state index in [9.17, 15) is 29.4 Å². The molecule has 0 saturated heterocycles. The summed E-state index contributed by atoms with van der Waals surface area (Å²) in [6, 6.07) is 7.04. The average molecular weight is 580 g/mol. The molecule has 11 heteroatoms. The summed E-state index contributed by atoms with van der Waals surface area (Å²) in [4.78, 5) is 59.9. The van der Waals surface area contributed by atoms with E-state index >= 15 is 0 Å². The number of benzene rings is 1. The quantitative estimate of drug-likeness (QED) is 0.0843. The summed E-state index contributed by atoms with van der Waals surface area (Å²) >= 11 is 0. The molecule has 4 atom stereocenters. The van der Waals surface area contributed by atoms with Crippen LogP contribution in [0.15, 0.2) is 30.3 Å². The zero-order valence-corrected chi connectivity index (χ0v) is 25.1. The molecule has 0 bridgehead atoms. The zero-order chi connectivity index (χ0) is 30.8. The Labute approximate surface area is 243 Å². The summed E-state index contributed by atoms with van der Waals surface area (Å²) in [6.07, 6.45) is -0.175. The second-order valence-corrected chi connectivity index (χ2v) is 11.1. The fourth-order valence-corrected chi connectivity index (χ4v) is 4.22. The van der Waals surface area contributed by atoms with E-state index in [1.54, 1.807) is 6.92 Å². The largest absolute Gasteiger partial charge is 0.480 e. The molecule has 0 aromatic heterocycles. The van der Waals surface area contributed by atoms with E-state index in [0.717, 1.165) is 5.56 Å². The first kappa shape index (κ1) is 36.0. The molecule has 0 aliphatic heterocycles. The minimum atomic E-state index is -1.41. The van der Waals surface area contributed by atoms with Gasteiger partial charge in [-0.25, -0.2) is 14.6 Å². The molecule has 1 rings (SSSR count). The molecule has 232 valence electrons. The van der Waals surface area contributed by atoms with Crippen LogP contribution in [-0.2, 0) is 35.4 Å². The number of amides is 3. The first-order chi connectivity index (χ1) is 19.4. The third-order valence-electron chi connectivity index (χ3n) is 6.29. The van der Waals surface area contributed by atoms with Gasteiger partial charge in [-0.05, 0) is 50.0 Å². The maximum atomic E-state index is 13.0. The summed E-state index contributed by atoms with van der Waals surface area (Å²) in [5, 5.41) is 29.0. The Balaban J connectivity index is 3.03. The molecule has 0 unspecified atom stereocenters. The molecule has 1 aromatic rings. The molecular formula is C30H49N3O8. The van der Waals surface area contributed by atoms with Crippen LogP contribution in [0.4, 0.5) is 0 Å². The molecule has 0 radical (unpaired) electrons. The van der Waals surface area contributed by atoms with Crippen molar-refractivity contribution in [3.63, 3.8) is 0 Å². The fraction of sp³-hybridized carbons (Fsp3) is 0.667. The highest BCUT2D eigenvalue weighted by atomic mass is 17.2. The molecule has 0 aliphatic carbocycles. The van der Waals surface area contributed by atoms with Crippen LogP contribution in [0.3, 0.4) is 0 Å². The number of carboxylic acids is 1. The Morgan fingerprint density at radius 1 is 0.902 bits per heavy atom. The Kier molecular flexibility index (Phi) is 17.5. The van der Waals surface area contributed by atoms with Crippen molar-refractivity contribution < 1.29 is 39.2 Å². The molecule has 41 heavy (non-hydrogen) atoms. The monoisotopic (exact) mass is 579 g/mol. The van der Waals surface area contributed by atoms with Crippen LogP contribution in [0.2, 0.25) is 0 Å². The van der Waals surface area contributed by atoms with E-state index in [1.165, 1.54) is 0 Å². The van der Waals surface area contributed by atoms with E-state index in [2.05, 4.69) is 16.0 Å². The number of rotatable bonds is 21. The van der Waals surface area contributed by atoms with Gasteiger partial charge in [-0.1, -0.05) is 58.0 Å². The molecule has 11 nitrogen and oxygen atoms in total. The van der Waals surface area contributed by atoms with Crippen LogP contribution in [0.25, 0.3) is 0 Å². The van der Waals surface area contributed by atoms with Crippen LogP contribution < -0.4 is 16.0 Å². The molecule has 5 N–H and O–H groups in total.